The number of likely N-dealkylation sites (tertiary alicyclic amines) is 1. The second-order valence-corrected chi connectivity index (χ2v) is 17.2. The lowest BCUT2D eigenvalue weighted by atomic mass is 9.98. The molecular formula is C39H70N8O9. The highest BCUT2D eigenvalue weighted by molar-refractivity contribution is 5.97. The van der Waals surface area contributed by atoms with Crippen molar-refractivity contribution < 1.29 is 43.5 Å². The maximum Gasteiger partial charge on any atom is 0.326 e. The number of nitrogens with two attached hydrogens (primary N) is 1. The Morgan fingerprint density at radius 3 is 1.50 bits per heavy atom. The van der Waals surface area contributed by atoms with E-state index in [2.05, 4.69) is 31.9 Å². The highest BCUT2D eigenvalue weighted by atomic mass is 16.4. The zero-order valence-corrected chi connectivity index (χ0v) is 35.5. The summed E-state index contributed by atoms with van der Waals surface area (Å²) in [5.74, 6) is -6.61. The molecular weight excluding hydrogens is 724 g/mol. The SMILES string of the molecule is CC(C)C[C@H](NC(=O)CNC(=O)[C@H]1CCCN1C(=O)[C@@H](NC(=O)[C@@H](NC(=O)[C@@H](N)CC(C)C)C(C)C)C(C)C)C(=O)N[C@H](C(=O)N[C@H](C(=O)O)C(C)C)C(C)C. The zero-order valence-electron chi connectivity index (χ0n) is 35.5. The van der Waals surface area contributed by atoms with Crippen LogP contribution in [0.15, 0.2) is 0 Å². The predicted octanol–water partition coefficient (Wildman–Crippen LogP) is 0.646. The molecule has 0 unspecified atom stereocenters. The van der Waals surface area contributed by atoms with Gasteiger partial charge in [-0.15, -0.1) is 0 Å². The van der Waals surface area contributed by atoms with Crippen molar-refractivity contribution in [3.05, 3.63) is 0 Å². The van der Waals surface area contributed by atoms with Crippen LogP contribution in [0.5, 0.6) is 0 Å². The second-order valence-electron chi connectivity index (χ2n) is 17.2. The van der Waals surface area contributed by atoms with Crippen LogP contribution in [0.3, 0.4) is 0 Å². The summed E-state index contributed by atoms with van der Waals surface area (Å²) in [4.78, 5) is 106. The molecule has 0 spiro atoms. The molecule has 320 valence electrons. The lowest BCUT2D eigenvalue weighted by Crippen LogP contribution is -2.60. The Kier molecular flexibility index (Phi) is 20.5. The fourth-order valence-corrected chi connectivity index (χ4v) is 6.43. The van der Waals surface area contributed by atoms with Crippen molar-refractivity contribution in [2.24, 2.45) is 41.2 Å². The fourth-order valence-electron chi connectivity index (χ4n) is 6.43. The number of carbonyl (C=O) groups excluding carboxylic acids is 7. The van der Waals surface area contributed by atoms with E-state index < -0.39 is 108 Å². The summed E-state index contributed by atoms with van der Waals surface area (Å²) < 4.78 is 0. The summed E-state index contributed by atoms with van der Waals surface area (Å²) in [5, 5.41) is 25.4. The largest absolute Gasteiger partial charge is 0.480 e. The Labute approximate surface area is 332 Å². The normalized spacial score (nSPS) is 17.6. The third-order valence-electron chi connectivity index (χ3n) is 9.64. The molecule has 9 N–H and O–H groups in total. The van der Waals surface area contributed by atoms with Crippen LogP contribution in [-0.4, -0.2) is 113 Å². The third-order valence-corrected chi connectivity index (χ3v) is 9.64. The number of hydrogen-bond acceptors (Lipinski definition) is 9. The Hall–Kier alpha value is -4.28. The lowest BCUT2D eigenvalue weighted by Gasteiger charge is -2.32. The van der Waals surface area contributed by atoms with Gasteiger partial charge < -0.3 is 47.6 Å². The quantitative estimate of drug-likeness (QED) is 0.0759. The number of amides is 7. The molecule has 7 atom stereocenters. The summed E-state index contributed by atoms with van der Waals surface area (Å²) in [6.45, 7) is 21.1. The molecule has 0 aliphatic carbocycles. The molecule has 1 heterocycles. The van der Waals surface area contributed by atoms with Gasteiger partial charge in [-0.05, 0) is 61.2 Å². The van der Waals surface area contributed by atoms with E-state index in [4.69, 9.17) is 5.73 Å². The van der Waals surface area contributed by atoms with Gasteiger partial charge in [0.15, 0.2) is 0 Å². The second kappa shape index (κ2) is 23.1. The number of hydrogen-bond donors (Lipinski definition) is 8. The number of nitrogens with one attached hydrogen (secondary N) is 6. The number of aliphatic carboxylic acids is 1. The number of nitrogens with zero attached hydrogens (tertiary/aromatic N) is 1. The molecule has 1 rings (SSSR count). The van der Waals surface area contributed by atoms with Gasteiger partial charge in [-0.1, -0.05) is 83.1 Å². The topological polar surface area (TPSA) is 258 Å². The van der Waals surface area contributed by atoms with Crippen molar-refractivity contribution in [2.75, 3.05) is 13.1 Å². The number of rotatable bonds is 22. The first kappa shape index (κ1) is 49.7. The molecule has 17 nitrogen and oxygen atoms in total. The van der Waals surface area contributed by atoms with Crippen molar-refractivity contribution in [1.82, 2.24) is 36.8 Å². The van der Waals surface area contributed by atoms with Crippen molar-refractivity contribution in [1.29, 1.82) is 0 Å². The summed E-state index contributed by atoms with van der Waals surface area (Å²) in [6.07, 6.45) is 1.49. The number of carbonyl (C=O) groups is 8. The monoisotopic (exact) mass is 795 g/mol. The molecule has 0 aromatic rings. The summed E-state index contributed by atoms with van der Waals surface area (Å²) >= 11 is 0. The first-order valence-corrected chi connectivity index (χ1v) is 20.0. The van der Waals surface area contributed by atoms with E-state index in [1.807, 2.05) is 27.7 Å². The Balaban J connectivity index is 3.02. The molecule has 0 aromatic carbocycles. The minimum atomic E-state index is -1.20. The van der Waals surface area contributed by atoms with E-state index in [1.165, 1.54) is 4.90 Å². The number of carboxylic acid groups (broad SMARTS) is 1. The average Bonchev–Trinajstić information content (AvgIpc) is 3.57. The van der Waals surface area contributed by atoms with Gasteiger partial charge in [-0.3, -0.25) is 33.6 Å². The standard InChI is InChI=1S/C39H70N8O9/c1-19(2)16-25(40)33(49)43-29(21(5)6)36(52)45-31(23(9)10)38(54)47-15-13-14-27(47)35(51)41-18-28(48)42-26(17-20(3)4)34(50)44-30(22(7)8)37(53)46-32(24(11)12)39(55)56/h19-27,29-32H,13-18,40H2,1-12H3,(H,41,51)(H,42,48)(H,43,49)(H,44,50)(H,45,52)(H,46,53)(H,55,56)/t25-,26-,27+,29-,30-,31-,32-/m0/s1. The zero-order chi connectivity index (χ0) is 43.2. The van der Waals surface area contributed by atoms with Crippen LogP contribution in [0.4, 0.5) is 0 Å². The molecule has 1 saturated heterocycles. The molecule has 0 aromatic heterocycles. The Bertz CT molecular complexity index is 1380. The predicted molar refractivity (Wildman–Crippen MR) is 211 cm³/mol. The maximum absolute atomic E-state index is 13.9. The van der Waals surface area contributed by atoms with E-state index in [0.29, 0.717) is 19.3 Å². The smallest absolute Gasteiger partial charge is 0.326 e. The van der Waals surface area contributed by atoms with Crippen molar-refractivity contribution in [2.45, 2.75) is 151 Å². The Morgan fingerprint density at radius 1 is 0.607 bits per heavy atom. The average molecular weight is 795 g/mol. The van der Waals surface area contributed by atoms with E-state index in [1.54, 1.807) is 55.4 Å². The molecule has 56 heavy (non-hydrogen) atoms. The van der Waals surface area contributed by atoms with Crippen LogP contribution >= 0.6 is 0 Å². The van der Waals surface area contributed by atoms with Gasteiger partial charge in [-0.25, -0.2) is 4.79 Å². The van der Waals surface area contributed by atoms with E-state index in [9.17, 15) is 43.5 Å². The first-order chi connectivity index (χ1) is 25.9. The molecule has 0 bridgehead atoms. The van der Waals surface area contributed by atoms with Crippen LogP contribution in [-0.2, 0) is 38.4 Å². The van der Waals surface area contributed by atoms with Crippen LogP contribution in [0.2, 0.25) is 0 Å². The van der Waals surface area contributed by atoms with Gasteiger partial charge in [0.1, 0.15) is 36.3 Å². The van der Waals surface area contributed by atoms with Gasteiger partial charge in [0.25, 0.3) is 0 Å². The fraction of sp³-hybridized carbons (Fsp3) is 0.795. The van der Waals surface area contributed by atoms with Crippen molar-refractivity contribution in [3.8, 4) is 0 Å². The highest BCUT2D eigenvalue weighted by Gasteiger charge is 2.40. The van der Waals surface area contributed by atoms with Crippen molar-refractivity contribution in [3.63, 3.8) is 0 Å². The molecule has 1 aliphatic heterocycles. The minimum Gasteiger partial charge on any atom is -0.480 e. The number of carboxylic acids is 1. The molecule has 0 saturated carbocycles. The van der Waals surface area contributed by atoms with E-state index in [0.717, 1.165) is 0 Å². The summed E-state index contributed by atoms with van der Waals surface area (Å²) in [6, 6.07) is -6.97. The van der Waals surface area contributed by atoms with E-state index in [-0.39, 0.29) is 36.6 Å². The highest BCUT2D eigenvalue weighted by Crippen LogP contribution is 2.21. The van der Waals surface area contributed by atoms with Gasteiger partial charge in [0.05, 0.1) is 12.6 Å². The maximum atomic E-state index is 13.9. The third kappa shape index (κ3) is 15.7. The van der Waals surface area contributed by atoms with Crippen LogP contribution in [0.1, 0.15) is 109 Å². The molecule has 0 radical (unpaired) electrons. The van der Waals surface area contributed by atoms with Gasteiger partial charge in [0.2, 0.25) is 41.4 Å². The summed E-state index contributed by atoms with van der Waals surface area (Å²) in [7, 11) is 0. The van der Waals surface area contributed by atoms with Crippen LogP contribution in [0, 0.1) is 35.5 Å². The molecule has 17 heteroatoms. The molecule has 1 aliphatic rings. The summed E-state index contributed by atoms with van der Waals surface area (Å²) in [5.41, 5.74) is 6.04. The lowest BCUT2D eigenvalue weighted by molar-refractivity contribution is -0.144. The van der Waals surface area contributed by atoms with Crippen LogP contribution < -0.4 is 37.6 Å². The van der Waals surface area contributed by atoms with Gasteiger partial charge >= 0.3 is 5.97 Å². The van der Waals surface area contributed by atoms with E-state index >= 15 is 0 Å². The minimum absolute atomic E-state index is 0.0497. The van der Waals surface area contributed by atoms with Crippen molar-refractivity contribution >= 4 is 47.3 Å². The molecule has 7 amide bonds. The van der Waals surface area contributed by atoms with Gasteiger partial charge in [0, 0.05) is 6.54 Å². The Morgan fingerprint density at radius 2 is 1.05 bits per heavy atom. The first-order valence-electron chi connectivity index (χ1n) is 20.0. The van der Waals surface area contributed by atoms with Crippen LogP contribution in [0.25, 0.3) is 0 Å². The van der Waals surface area contributed by atoms with Gasteiger partial charge in [-0.2, -0.15) is 0 Å². The molecule has 1 fully saturated rings.